The Morgan fingerprint density at radius 1 is 1.56 bits per heavy atom. The van der Waals surface area contributed by atoms with Crippen molar-refractivity contribution < 1.29 is 14.6 Å². The molecule has 0 saturated carbocycles. The van der Waals surface area contributed by atoms with Gasteiger partial charge in [-0.25, -0.2) is 0 Å². The van der Waals surface area contributed by atoms with Crippen molar-refractivity contribution in [3.63, 3.8) is 0 Å². The molecule has 1 saturated heterocycles. The lowest BCUT2D eigenvalue weighted by Gasteiger charge is -2.43. The fourth-order valence-corrected chi connectivity index (χ4v) is 2.02. The molecule has 16 heavy (non-hydrogen) atoms. The molecule has 0 bridgehead atoms. The van der Waals surface area contributed by atoms with Crippen molar-refractivity contribution >= 4 is 5.91 Å². The lowest BCUT2D eigenvalue weighted by molar-refractivity contribution is -0.150. The van der Waals surface area contributed by atoms with Crippen LogP contribution < -0.4 is 5.73 Å². The normalized spacial score (nSPS) is 18.8. The maximum atomic E-state index is 11.0. The number of rotatable bonds is 7. The number of hydrogen-bond donors (Lipinski definition) is 2. The topological polar surface area (TPSA) is 75.8 Å². The summed E-state index contributed by atoms with van der Waals surface area (Å²) >= 11 is 0. The van der Waals surface area contributed by atoms with E-state index in [1.54, 1.807) is 0 Å². The Morgan fingerprint density at radius 3 is 2.50 bits per heavy atom. The van der Waals surface area contributed by atoms with Crippen molar-refractivity contribution in [1.29, 1.82) is 0 Å². The van der Waals surface area contributed by atoms with Crippen LogP contribution in [-0.2, 0) is 9.53 Å². The van der Waals surface area contributed by atoms with Crippen LogP contribution in [0.25, 0.3) is 0 Å². The van der Waals surface area contributed by atoms with Crippen molar-refractivity contribution in [2.75, 3.05) is 39.5 Å². The highest BCUT2D eigenvalue weighted by Gasteiger charge is 2.39. The molecule has 0 spiro atoms. The molecular formula is C11H22N2O3. The standard InChI is InChI=1S/C11H22N2O3/c1-9(2)3-13(4-10(12)15)5-11(6-14)7-16-8-11/h9,14H,3-8H2,1-2H3,(H2,12,15). The van der Waals surface area contributed by atoms with Crippen LogP contribution in [0, 0.1) is 11.3 Å². The molecule has 0 aromatic heterocycles. The molecule has 94 valence electrons. The molecule has 0 radical (unpaired) electrons. The second-order valence-corrected chi connectivity index (χ2v) is 5.18. The van der Waals surface area contributed by atoms with Gasteiger partial charge in [0.15, 0.2) is 0 Å². The zero-order valence-electron chi connectivity index (χ0n) is 10.1. The second-order valence-electron chi connectivity index (χ2n) is 5.18. The highest BCUT2D eigenvalue weighted by Crippen LogP contribution is 2.28. The van der Waals surface area contributed by atoms with E-state index in [0.717, 1.165) is 6.54 Å². The van der Waals surface area contributed by atoms with Gasteiger partial charge in [0.2, 0.25) is 5.91 Å². The number of nitrogens with two attached hydrogens (primary N) is 1. The fraction of sp³-hybridized carbons (Fsp3) is 0.909. The van der Waals surface area contributed by atoms with E-state index in [1.165, 1.54) is 0 Å². The van der Waals surface area contributed by atoms with Gasteiger partial charge in [0.05, 0.1) is 31.8 Å². The van der Waals surface area contributed by atoms with Crippen LogP contribution in [0.2, 0.25) is 0 Å². The quantitative estimate of drug-likeness (QED) is 0.614. The van der Waals surface area contributed by atoms with E-state index in [9.17, 15) is 9.90 Å². The number of primary amides is 1. The van der Waals surface area contributed by atoms with E-state index >= 15 is 0 Å². The molecular weight excluding hydrogens is 208 g/mol. The number of aliphatic hydroxyl groups excluding tert-OH is 1. The van der Waals surface area contributed by atoms with Crippen molar-refractivity contribution in [3.05, 3.63) is 0 Å². The van der Waals surface area contributed by atoms with E-state index in [1.807, 2.05) is 4.90 Å². The van der Waals surface area contributed by atoms with Crippen LogP contribution in [0.1, 0.15) is 13.8 Å². The smallest absolute Gasteiger partial charge is 0.231 e. The second kappa shape index (κ2) is 5.61. The first kappa shape index (κ1) is 13.4. The molecule has 1 amide bonds. The summed E-state index contributed by atoms with van der Waals surface area (Å²) in [5.41, 5.74) is 5.02. The van der Waals surface area contributed by atoms with Gasteiger partial charge in [-0.15, -0.1) is 0 Å². The minimum atomic E-state index is -0.325. The van der Waals surface area contributed by atoms with E-state index in [-0.39, 0.29) is 24.5 Å². The number of carbonyl (C=O) groups excluding carboxylic acids is 1. The fourth-order valence-electron chi connectivity index (χ4n) is 2.02. The summed E-state index contributed by atoms with van der Waals surface area (Å²) in [5.74, 6) is 0.144. The van der Waals surface area contributed by atoms with Crippen molar-refractivity contribution in [1.82, 2.24) is 4.90 Å². The number of ether oxygens (including phenoxy) is 1. The van der Waals surface area contributed by atoms with Crippen LogP contribution in [0.15, 0.2) is 0 Å². The summed E-state index contributed by atoms with van der Waals surface area (Å²) < 4.78 is 5.14. The van der Waals surface area contributed by atoms with Gasteiger partial charge >= 0.3 is 0 Å². The maximum Gasteiger partial charge on any atom is 0.231 e. The van der Waals surface area contributed by atoms with E-state index in [2.05, 4.69) is 13.8 Å². The summed E-state index contributed by atoms with van der Waals surface area (Å²) in [6.07, 6.45) is 0. The van der Waals surface area contributed by atoms with Crippen molar-refractivity contribution in [2.24, 2.45) is 17.1 Å². The summed E-state index contributed by atoms with van der Waals surface area (Å²) in [6, 6.07) is 0. The van der Waals surface area contributed by atoms with E-state index < -0.39 is 0 Å². The third-order valence-electron chi connectivity index (χ3n) is 2.71. The Bertz CT molecular complexity index is 234. The van der Waals surface area contributed by atoms with Crippen molar-refractivity contribution in [3.8, 4) is 0 Å². The molecule has 1 fully saturated rings. The zero-order chi connectivity index (χ0) is 12.2. The molecule has 1 aliphatic rings. The highest BCUT2D eigenvalue weighted by molar-refractivity contribution is 5.75. The van der Waals surface area contributed by atoms with Gasteiger partial charge in [-0.3, -0.25) is 9.69 Å². The zero-order valence-corrected chi connectivity index (χ0v) is 10.1. The van der Waals surface area contributed by atoms with Crippen molar-refractivity contribution in [2.45, 2.75) is 13.8 Å². The van der Waals surface area contributed by atoms with Crippen LogP contribution in [0.4, 0.5) is 0 Å². The number of hydrogen-bond acceptors (Lipinski definition) is 4. The maximum absolute atomic E-state index is 11.0. The average Bonchev–Trinajstić information content (AvgIpc) is 2.09. The molecule has 0 aliphatic carbocycles. The SMILES string of the molecule is CC(C)CN(CC(N)=O)CC1(CO)COC1. The van der Waals surface area contributed by atoms with Crippen LogP contribution in [-0.4, -0.2) is 55.4 Å². The van der Waals surface area contributed by atoms with Gasteiger partial charge in [0.25, 0.3) is 0 Å². The van der Waals surface area contributed by atoms with Gasteiger partial charge < -0.3 is 15.6 Å². The van der Waals surface area contributed by atoms with E-state index in [0.29, 0.717) is 25.7 Å². The van der Waals surface area contributed by atoms with Gasteiger partial charge in [0.1, 0.15) is 0 Å². The lowest BCUT2D eigenvalue weighted by Crippen LogP contribution is -2.54. The first-order chi connectivity index (χ1) is 7.47. The first-order valence-corrected chi connectivity index (χ1v) is 5.67. The molecule has 0 aromatic carbocycles. The largest absolute Gasteiger partial charge is 0.396 e. The number of amides is 1. The van der Waals surface area contributed by atoms with Gasteiger partial charge in [-0.05, 0) is 5.92 Å². The predicted molar refractivity (Wildman–Crippen MR) is 60.8 cm³/mol. The molecule has 1 aliphatic heterocycles. The van der Waals surface area contributed by atoms with Crippen LogP contribution in [0.3, 0.4) is 0 Å². The molecule has 0 unspecified atom stereocenters. The third kappa shape index (κ3) is 3.73. The number of aliphatic hydroxyl groups is 1. The van der Waals surface area contributed by atoms with Crippen LogP contribution in [0.5, 0.6) is 0 Å². The molecule has 3 N–H and O–H groups in total. The van der Waals surface area contributed by atoms with E-state index in [4.69, 9.17) is 10.5 Å². The minimum Gasteiger partial charge on any atom is -0.396 e. The predicted octanol–water partition coefficient (Wildman–Crippen LogP) is -0.561. The molecule has 1 rings (SSSR count). The molecule has 5 nitrogen and oxygen atoms in total. The summed E-state index contributed by atoms with van der Waals surface area (Å²) in [5, 5.41) is 9.33. The average molecular weight is 230 g/mol. The Labute approximate surface area is 96.6 Å². The number of carbonyl (C=O) groups is 1. The van der Waals surface area contributed by atoms with Gasteiger partial charge in [-0.1, -0.05) is 13.8 Å². The highest BCUT2D eigenvalue weighted by atomic mass is 16.5. The van der Waals surface area contributed by atoms with Gasteiger partial charge in [0, 0.05) is 13.1 Å². The first-order valence-electron chi connectivity index (χ1n) is 5.67. The summed E-state index contributed by atoms with van der Waals surface area (Å²) in [6.45, 7) is 7.15. The lowest BCUT2D eigenvalue weighted by atomic mass is 9.86. The molecule has 0 atom stereocenters. The monoisotopic (exact) mass is 230 g/mol. The van der Waals surface area contributed by atoms with Gasteiger partial charge in [-0.2, -0.15) is 0 Å². The summed E-state index contributed by atoms with van der Waals surface area (Å²) in [7, 11) is 0. The molecule has 5 heteroatoms. The Hall–Kier alpha value is -0.650. The summed E-state index contributed by atoms with van der Waals surface area (Å²) in [4.78, 5) is 13.0. The Kier molecular flexibility index (Phi) is 4.70. The molecule has 0 aromatic rings. The minimum absolute atomic E-state index is 0.0976. The molecule has 1 heterocycles. The Morgan fingerprint density at radius 2 is 2.19 bits per heavy atom. The Balaban J connectivity index is 2.51. The van der Waals surface area contributed by atoms with Crippen LogP contribution >= 0.6 is 0 Å². The third-order valence-corrected chi connectivity index (χ3v) is 2.71. The number of nitrogens with zero attached hydrogens (tertiary/aromatic N) is 1.